The molecule has 0 bridgehead atoms. The minimum absolute atomic E-state index is 0.214. The van der Waals surface area contributed by atoms with Gasteiger partial charge in [0.25, 0.3) is 9.05 Å². The normalized spacial score (nSPS) is 12.6. The van der Waals surface area contributed by atoms with Gasteiger partial charge < -0.3 is 15.2 Å². The molecular formula is C11H9ClFNO4S. The molecule has 0 radical (unpaired) electrons. The predicted octanol–water partition coefficient (Wildman–Crippen LogP) is 1.27. The van der Waals surface area contributed by atoms with Crippen LogP contribution in [0.1, 0.15) is 11.1 Å². The van der Waals surface area contributed by atoms with Crippen molar-refractivity contribution in [2.75, 3.05) is 0 Å². The highest BCUT2D eigenvalue weighted by Crippen LogP contribution is 2.33. The molecular weight excluding hydrogens is 297 g/mol. The largest absolute Gasteiger partial charge is 0.366 e. The molecule has 1 aromatic carbocycles. The van der Waals surface area contributed by atoms with Gasteiger partial charge in [0.1, 0.15) is 10.7 Å². The van der Waals surface area contributed by atoms with Gasteiger partial charge in [0, 0.05) is 28.6 Å². The summed E-state index contributed by atoms with van der Waals surface area (Å²) in [5, 5.41) is 20.1. The van der Waals surface area contributed by atoms with Crippen LogP contribution in [-0.2, 0) is 14.8 Å². The van der Waals surface area contributed by atoms with Crippen molar-refractivity contribution in [1.82, 2.24) is 4.98 Å². The Hall–Kier alpha value is -1.41. The van der Waals surface area contributed by atoms with Crippen LogP contribution >= 0.6 is 10.7 Å². The summed E-state index contributed by atoms with van der Waals surface area (Å²) in [4.78, 5) is 1.94. The lowest BCUT2D eigenvalue weighted by Crippen LogP contribution is -2.27. The Morgan fingerprint density at radius 3 is 2.53 bits per heavy atom. The van der Waals surface area contributed by atoms with E-state index in [0.29, 0.717) is 0 Å². The Bertz CT molecular complexity index is 711. The fraction of sp³-hybridized carbons (Fsp3) is 0.0909. The number of rotatable bonds is 3. The Labute approximate surface area is 112 Å². The lowest BCUT2D eigenvalue weighted by molar-refractivity contribution is -0.134. The molecule has 0 atom stereocenters. The van der Waals surface area contributed by atoms with Crippen molar-refractivity contribution in [3.8, 4) is 0 Å². The molecule has 102 valence electrons. The predicted molar refractivity (Wildman–Crippen MR) is 65.4 cm³/mol. The summed E-state index contributed by atoms with van der Waals surface area (Å²) in [6.07, 6.45) is 2.08. The zero-order chi connectivity index (χ0) is 14.3. The molecule has 8 heteroatoms. The van der Waals surface area contributed by atoms with Gasteiger partial charge in [-0.3, -0.25) is 0 Å². The first-order valence-electron chi connectivity index (χ1n) is 5.05. The zero-order valence-electron chi connectivity index (χ0n) is 9.34. The van der Waals surface area contributed by atoms with Crippen LogP contribution in [0.25, 0.3) is 0 Å². The number of hydrogen-bond donors (Lipinski definition) is 3. The number of hydrogen-bond acceptors (Lipinski definition) is 4. The van der Waals surface area contributed by atoms with Gasteiger partial charge in [-0.05, 0) is 12.1 Å². The van der Waals surface area contributed by atoms with Gasteiger partial charge in [0.15, 0.2) is 0 Å². The van der Waals surface area contributed by atoms with E-state index in [2.05, 4.69) is 4.98 Å². The molecule has 19 heavy (non-hydrogen) atoms. The number of halogens is 2. The molecule has 0 saturated carbocycles. The third-order valence-corrected chi connectivity index (χ3v) is 3.93. The second-order valence-electron chi connectivity index (χ2n) is 3.85. The Balaban J connectivity index is 2.61. The topological polar surface area (TPSA) is 90.4 Å². The molecule has 2 rings (SSSR count). The van der Waals surface area contributed by atoms with E-state index in [1.165, 1.54) is 12.1 Å². The van der Waals surface area contributed by atoms with Gasteiger partial charge in [0.2, 0.25) is 5.79 Å². The van der Waals surface area contributed by atoms with Gasteiger partial charge in [0.05, 0.1) is 5.56 Å². The standard InChI is InChI=1S/C11H9ClFNO4S/c12-19(17,18)10-6-14-5-9(10)11(15,16)7-2-1-3-8(13)4-7/h1-6,14-16H. The summed E-state index contributed by atoms with van der Waals surface area (Å²) in [7, 11) is 1.02. The van der Waals surface area contributed by atoms with E-state index >= 15 is 0 Å². The van der Waals surface area contributed by atoms with Crippen LogP contribution in [0.5, 0.6) is 0 Å². The van der Waals surface area contributed by atoms with E-state index in [0.717, 1.165) is 24.5 Å². The molecule has 2 aromatic rings. The van der Waals surface area contributed by atoms with Crippen LogP contribution in [0.4, 0.5) is 4.39 Å². The van der Waals surface area contributed by atoms with Gasteiger partial charge in [-0.25, -0.2) is 12.8 Å². The molecule has 0 amide bonds. The van der Waals surface area contributed by atoms with Crippen molar-refractivity contribution in [1.29, 1.82) is 0 Å². The van der Waals surface area contributed by atoms with Gasteiger partial charge >= 0.3 is 0 Å². The number of nitrogens with one attached hydrogen (secondary N) is 1. The van der Waals surface area contributed by atoms with Crippen molar-refractivity contribution in [3.05, 3.63) is 53.6 Å². The average Bonchev–Trinajstić information content (AvgIpc) is 2.78. The number of benzene rings is 1. The summed E-state index contributed by atoms with van der Waals surface area (Å²) in [5.74, 6) is -3.37. The molecule has 0 aliphatic rings. The minimum Gasteiger partial charge on any atom is -0.366 e. The molecule has 0 aliphatic heterocycles. The monoisotopic (exact) mass is 305 g/mol. The first-order valence-corrected chi connectivity index (χ1v) is 7.36. The maximum absolute atomic E-state index is 13.1. The SMILES string of the molecule is O=S(=O)(Cl)c1c[nH]cc1C(O)(O)c1cccc(F)c1. The first kappa shape index (κ1) is 14.0. The maximum atomic E-state index is 13.1. The van der Waals surface area contributed by atoms with E-state index in [4.69, 9.17) is 10.7 Å². The summed E-state index contributed by atoms with van der Waals surface area (Å²) in [6, 6.07) is 4.53. The Kier molecular flexibility index (Phi) is 3.40. The number of aliphatic hydroxyl groups is 2. The molecule has 0 aliphatic carbocycles. The van der Waals surface area contributed by atoms with E-state index in [9.17, 15) is 23.0 Å². The molecule has 5 nitrogen and oxygen atoms in total. The van der Waals surface area contributed by atoms with Crippen LogP contribution in [0.2, 0.25) is 0 Å². The second kappa shape index (κ2) is 4.61. The third kappa shape index (κ3) is 2.64. The molecule has 1 heterocycles. The third-order valence-electron chi connectivity index (χ3n) is 2.57. The summed E-state index contributed by atoms with van der Waals surface area (Å²) < 4.78 is 35.7. The van der Waals surface area contributed by atoms with Crippen molar-refractivity contribution in [3.63, 3.8) is 0 Å². The molecule has 3 N–H and O–H groups in total. The zero-order valence-corrected chi connectivity index (χ0v) is 10.9. The fourth-order valence-electron chi connectivity index (χ4n) is 1.68. The first-order chi connectivity index (χ1) is 8.73. The molecule has 0 unspecified atom stereocenters. The van der Waals surface area contributed by atoms with Crippen molar-refractivity contribution in [2.24, 2.45) is 0 Å². The summed E-state index contributed by atoms with van der Waals surface area (Å²) >= 11 is 0. The number of aromatic nitrogens is 1. The molecule has 0 spiro atoms. The van der Waals surface area contributed by atoms with E-state index < -0.39 is 25.6 Å². The van der Waals surface area contributed by atoms with Crippen molar-refractivity contribution in [2.45, 2.75) is 10.7 Å². The van der Waals surface area contributed by atoms with Crippen LogP contribution in [0.3, 0.4) is 0 Å². The second-order valence-corrected chi connectivity index (χ2v) is 6.39. The van der Waals surface area contributed by atoms with Gasteiger partial charge in [-0.15, -0.1) is 0 Å². The quantitative estimate of drug-likeness (QED) is 0.588. The summed E-state index contributed by atoms with van der Waals surface area (Å²) in [5.41, 5.74) is -0.596. The highest BCUT2D eigenvalue weighted by molar-refractivity contribution is 8.13. The lowest BCUT2D eigenvalue weighted by Gasteiger charge is -2.22. The van der Waals surface area contributed by atoms with Crippen LogP contribution in [0.15, 0.2) is 41.6 Å². The van der Waals surface area contributed by atoms with E-state index in [1.807, 2.05) is 0 Å². The minimum atomic E-state index is -4.16. The number of aromatic amines is 1. The van der Waals surface area contributed by atoms with E-state index in [1.54, 1.807) is 0 Å². The molecule has 0 fully saturated rings. The maximum Gasteiger partial charge on any atom is 0.263 e. The Morgan fingerprint density at radius 2 is 1.95 bits per heavy atom. The van der Waals surface area contributed by atoms with E-state index in [-0.39, 0.29) is 11.1 Å². The van der Waals surface area contributed by atoms with Crippen LogP contribution < -0.4 is 0 Å². The van der Waals surface area contributed by atoms with Crippen LogP contribution in [0, 0.1) is 5.82 Å². The average molecular weight is 306 g/mol. The van der Waals surface area contributed by atoms with Crippen molar-refractivity contribution >= 4 is 19.7 Å². The van der Waals surface area contributed by atoms with Crippen LogP contribution in [-0.4, -0.2) is 23.6 Å². The number of H-pyrrole nitrogens is 1. The lowest BCUT2D eigenvalue weighted by atomic mass is 10.00. The molecule has 0 saturated heterocycles. The fourth-order valence-corrected chi connectivity index (χ4v) is 2.74. The smallest absolute Gasteiger partial charge is 0.263 e. The van der Waals surface area contributed by atoms with Gasteiger partial charge in [-0.1, -0.05) is 12.1 Å². The van der Waals surface area contributed by atoms with Gasteiger partial charge in [-0.2, -0.15) is 0 Å². The highest BCUT2D eigenvalue weighted by atomic mass is 35.7. The molecule has 1 aromatic heterocycles. The van der Waals surface area contributed by atoms with Crippen molar-refractivity contribution < 1.29 is 23.0 Å². The summed E-state index contributed by atoms with van der Waals surface area (Å²) in [6.45, 7) is 0. The highest BCUT2D eigenvalue weighted by Gasteiger charge is 2.35. The Morgan fingerprint density at radius 1 is 1.26 bits per heavy atom.